The number of hydrogen-bond acceptors (Lipinski definition) is 5. The number of rotatable bonds is 16. The third kappa shape index (κ3) is 12.0. The van der Waals surface area contributed by atoms with Crippen LogP contribution in [0.15, 0.2) is 72.8 Å². The van der Waals surface area contributed by atoms with Gasteiger partial charge in [-0.3, -0.25) is 0 Å². The summed E-state index contributed by atoms with van der Waals surface area (Å²) in [5, 5.41) is 0. The molecule has 34 heavy (non-hydrogen) atoms. The summed E-state index contributed by atoms with van der Waals surface area (Å²) < 4.78 is 16.1. The van der Waals surface area contributed by atoms with Crippen LogP contribution in [-0.4, -0.2) is 25.2 Å². The molecule has 5 heteroatoms. The molecule has 0 aliphatic carbocycles. The van der Waals surface area contributed by atoms with E-state index in [0.717, 1.165) is 37.0 Å². The second-order valence-corrected chi connectivity index (χ2v) is 8.23. The van der Waals surface area contributed by atoms with Gasteiger partial charge in [-0.05, 0) is 55.7 Å². The smallest absolute Gasteiger partial charge is 0.336 e. The lowest BCUT2D eigenvalue weighted by Gasteiger charge is -2.07. The van der Waals surface area contributed by atoms with Crippen LogP contribution in [0.5, 0.6) is 11.5 Å². The molecule has 0 fully saturated rings. The largest absolute Gasteiger partial charge is 0.494 e. The van der Waals surface area contributed by atoms with Crippen LogP contribution in [0, 0.1) is 0 Å². The molecule has 0 unspecified atom stereocenters. The summed E-state index contributed by atoms with van der Waals surface area (Å²) in [7, 11) is 0. The van der Waals surface area contributed by atoms with E-state index in [1.165, 1.54) is 31.8 Å². The van der Waals surface area contributed by atoms with Crippen molar-refractivity contribution in [1.82, 2.24) is 0 Å². The number of carbonyl (C=O) groups excluding carboxylic acids is 2. The predicted octanol–water partition coefficient (Wildman–Crippen LogP) is 6.92. The van der Waals surface area contributed by atoms with E-state index in [1.54, 1.807) is 25.1 Å². The summed E-state index contributed by atoms with van der Waals surface area (Å²) in [5.74, 6) is 0.655. The molecule has 0 N–H and O–H groups in total. The highest BCUT2D eigenvalue weighted by Gasteiger charge is 2.02. The molecular weight excluding hydrogens is 428 g/mol. The Morgan fingerprint density at radius 2 is 1.35 bits per heavy atom. The van der Waals surface area contributed by atoms with Gasteiger partial charge in [-0.2, -0.15) is 0 Å². The Morgan fingerprint density at radius 1 is 0.765 bits per heavy atom. The Balaban J connectivity index is 1.47. The van der Waals surface area contributed by atoms with Crippen LogP contribution in [0.1, 0.15) is 63.9 Å². The molecular formula is C29H36O5. The van der Waals surface area contributed by atoms with E-state index >= 15 is 0 Å². The zero-order chi connectivity index (χ0) is 24.4. The number of esters is 2. The van der Waals surface area contributed by atoms with Crippen molar-refractivity contribution in [2.45, 2.75) is 58.3 Å². The SMILES string of the molecule is C=C(C)C(=O)OCCCCCCCCCCOc1ccc(/C=C/C(=O)Oc2ccccc2)cc1. The zero-order valence-corrected chi connectivity index (χ0v) is 20.2. The van der Waals surface area contributed by atoms with Gasteiger partial charge in [0.2, 0.25) is 0 Å². The first-order chi connectivity index (χ1) is 16.5. The lowest BCUT2D eigenvalue weighted by molar-refractivity contribution is -0.139. The van der Waals surface area contributed by atoms with Gasteiger partial charge in [-0.1, -0.05) is 75.4 Å². The van der Waals surface area contributed by atoms with Crippen molar-refractivity contribution in [3.05, 3.63) is 78.4 Å². The molecule has 182 valence electrons. The molecule has 0 heterocycles. The van der Waals surface area contributed by atoms with Crippen molar-refractivity contribution in [2.75, 3.05) is 13.2 Å². The number of unbranched alkanes of at least 4 members (excludes halogenated alkanes) is 7. The van der Waals surface area contributed by atoms with Crippen molar-refractivity contribution < 1.29 is 23.8 Å². The molecule has 5 nitrogen and oxygen atoms in total. The van der Waals surface area contributed by atoms with Crippen LogP contribution < -0.4 is 9.47 Å². The average Bonchev–Trinajstić information content (AvgIpc) is 2.84. The van der Waals surface area contributed by atoms with Crippen LogP contribution in [0.4, 0.5) is 0 Å². The monoisotopic (exact) mass is 464 g/mol. The quantitative estimate of drug-likeness (QED) is 0.117. The number of ether oxygens (including phenoxy) is 3. The molecule has 0 bridgehead atoms. The summed E-state index contributed by atoms with van der Waals surface area (Å²) in [5.41, 5.74) is 1.36. The fraction of sp³-hybridized carbons (Fsp3) is 0.379. The number of carbonyl (C=O) groups is 2. The highest BCUT2D eigenvalue weighted by molar-refractivity contribution is 5.88. The second-order valence-electron chi connectivity index (χ2n) is 8.23. The molecule has 0 aliphatic rings. The molecule has 0 saturated carbocycles. The van der Waals surface area contributed by atoms with Gasteiger partial charge in [0.15, 0.2) is 0 Å². The molecule has 0 amide bonds. The van der Waals surface area contributed by atoms with Gasteiger partial charge < -0.3 is 14.2 Å². The maximum absolute atomic E-state index is 11.9. The van der Waals surface area contributed by atoms with E-state index in [-0.39, 0.29) is 5.97 Å². The minimum Gasteiger partial charge on any atom is -0.494 e. The van der Waals surface area contributed by atoms with Crippen LogP contribution in [-0.2, 0) is 14.3 Å². The van der Waals surface area contributed by atoms with E-state index in [9.17, 15) is 9.59 Å². The lowest BCUT2D eigenvalue weighted by atomic mass is 10.1. The van der Waals surface area contributed by atoms with Gasteiger partial charge in [0.05, 0.1) is 13.2 Å². The normalized spacial score (nSPS) is 10.7. The molecule has 0 saturated heterocycles. The first-order valence-corrected chi connectivity index (χ1v) is 12.0. The Kier molecular flexibility index (Phi) is 12.9. The minimum absolute atomic E-state index is 0.295. The van der Waals surface area contributed by atoms with Crippen LogP contribution in [0.2, 0.25) is 0 Å². The van der Waals surface area contributed by atoms with Gasteiger partial charge >= 0.3 is 11.9 Å². The molecule has 2 aromatic rings. The third-order valence-corrected chi connectivity index (χ3v) is 5.14. The second kappa shape index (κ2) is 16.3. The lowest BCUT2D eigenvalue weighted by Crippen LogP contribution is -2.05. The third-order valence-electron chi connectivity index (χ3n) is 5.14. The van der Waals surface area contributed by atoms with Crippen molar-refractivity contribution in [3.63, 3.8) is 0 Å². The van der Waals surface area contributed by atoms with E-state index in [0.29, 0.717) is 24.5 Å². The fourth-order valence-corrected chi connectivity index (χ4v) is 3.22. The van der Waals surface area contributed by atoms with Crippen molar-refractivity contribution in [1.29, 1.82) is 0 Å². The van der Waals surface area contributed by atoms with Gasteiger partial charge in [0.25, 0.3) is 0 Å². The van der Waals surface area contributed by atoms with E-state index in [4.69, 9.17) is 14.2 Å². The Labute approximate surface area is 203 Å². The average molecular weight is 465 g/mol. The van der Waals surface area contributed by atoms with E-state index in [2.05, 4.69) is 6.58 Å². The van der Waals surface area contributed by atoms with Crippen molar-refractivity contribution >= 4 is 18.0 Å². The zero-order valence-electron chi connectivity index (χ0n) is 20.2. The van der Waals surface area contributed by atoms with Gasteiger partial charge in [0, 0.05) is 11.6 Å². The van der Waals surface area contributed by atoms with Gasteiger partial charge in [0.1, 0.15) is 11.5 Å². The Hall–Kier alpha value is -3.34. The molecule has 2 aromatic carbocycles. The predicted molar refractivity (Wildman–Crippen MR) is 136 cm³/mol. The first-order valence-electron chi connectivity index (χ1n) is 12.0. The van der Waals surface area contributed by atoms with Crippen LogP contribution >= 0.6 is 0 Å². The molecule has 2 rings (SSSR count). The number of benzene rings is 2. The van der Waals surface area contributed by atoms with E-state index < -0.39 is 5.97 Å². The van der Waals surface area contributed by atoms with Gasteiger partial charge in [-0.25, -0.2) is 9.59 Å². The number of para-hydroxylation sites is 1. The Bertz CT molecular complexity index is 900. The first kappa shape index (κ1) is 26.9. The molecule has 0 atom stereocenters. The summed E-state index contributed by atoms with van der Waals surface area (Å²) in [6.45, 7) is 6.42. The molecule has 0 aliphatic heterocycles. The Morgan fingerprint density at radius 3 is 1.97 bits per heavy atom. The van der Waals surface area contributed by atoms with E-state index in [1.807, 2.05) is 42.5 Å². The highest BCUT2D eigenvalue weighted by Crippen LogP contribution is 2.15. The van der Waals surface area contributed by atoms with Crippen molar-refractivity contribution in [2.24, 2.45) is 0 Å². The molecule has 0 aromatic heterocycles. The van der Waals surface area contributed by atoms with Crippen molar-refractivity contribution in [3.8, 4) is 11.5 Å². The summed E-state index contributed by atoms with van der Waals surface area (Å²) in [6.07, 6.45) is 12.1. The maximum atomic E-state index is 11.9. The summed E-state index contributed by atoms with van der Waals surface area (Å²) >= 11 is 0. The number of hydrogen-bond donors (Lipinski definition) is 0. The summed E-state index contributed by atoms with van der Waals surface area (Å²) in [4.78, 5) is 23.1. The topological polar surface area (TPSA) is 61.8 Å². The fourth-order valence-electron chi connectivity index (χ4n) is 3.22. The summed E-state index contributed by atoms with van der Waals surface area (Å²) in [6, 6.07) is 16.7. The minimum atomic E-state index is -0.407. The van der Waals surface area contributed by atoms with Crippen LogP contribution in [0.25, 0.3) is 6.08 Å². The maximum Gasteiger partial charge on any atom is 0.336 e. The highest BCUT2D eigenvalue weighted by atomic mass is 16.5. The molecule has 0 radical (unpaired) electrons. The molecule has 0 spiro atoms. The standard InChI is InChI=1S/C29H36O5/c1-24(2)29(31)33-23-13-8-6-4-3-5-7-12-22-32-26-19-16-25(17-20-26)18-21-28(30)34-27-14-10-9-11-15-27/h9-11,14-21H,1,3-8,12-13,22-23H2,2H3/b21-18+. The van der Waals surface area contributed by atoms with Crippen LogP contribution in [0.3, 0.4) is 0 Å². The van der Waals surface area contributed by atoms with Gasteiger partial charge in [-0.15, -0.1) is 0 Å².